The van der Waals surface area contributed by atoms with Crippen molar-refractivity contribution in [3.8, 4) is 0 Å². The van der Waals surface area contributed by atoms with E-state index in [4.69, 9.17) is 11.6 Å². The molecule has 8 nitrogen and oxygen atoms in total. The summed E-state index contributed by atoms with van der Waals surface area (Å²) in [6.07, 6.45) is 1.26. The Labute approximate surface area is 239 Å². The summed E-state index contributed by atoms with van der Waals surface area (Å²) in [4.78, 5) is 50.2. The quantitative estimate of drug-likeness (QED) is 0.0724. The van der Waals surface area contributed by atoms with Gasteiger partial charge in [-0.3, -0.25) is 24.5 Å². The summed E-state index contributed by atoms with van der Waals surface area (Å²) in [7, 11) is 0. The third kappa shape index (κ3) is 7.66. The number of rotatable bonds is 10. The number of anilines is 1. The Hall–Kier alpha value is -4.73. The summed E-state index contributed by atoms with van der Waals surface area (Å²) >= 11 is 7.22. The van der Waals surface area contributed by atoms with Crippen LogP contribution < -0.4 is 10.6 Å². The first-order valence-electron chi connectivity index (χ1n) is 11.9. The molecule has 4 aromatic rings. The minimum atomic E-state index is -0.666. The van der Waals surface area contributed by atoms with Crippen molar-refractivity contribution in [2.24, 2.45) is 0 Å². The molecular weight excluding hydrogens is 550 g/mol. The molecule has 4 aromatic carbocycles. The molecule has 0 atom stereocenters. The van der Waals surface area contributed by atoms with Crippen molar-refractivity contribution in [3.63, 3.8) is 0 Å². The molecule has 0 saturated carbocycles. The molecule has 0 aliphatic carbocycles. The fourth-order valence-corrected chi connectivity index (χ4v) is 4.49. The minimum absolute atomic E-state index is 0.0435. The number of nitro groups is 1. The average molecular weight is 572 g/mol. The van der Waals surface area contributed by atoms with Crippen LogP contribution in [0.3, 0.4) is 0 Å². The summed E-state index contributed by atoms with van der Waals surface area (Å²) in [6.45, 7) is 0. The second kappa shape index (κ2) is 13.4. The molecule has 0 aromatic heterocycles. The van der Waals surface area contributed by atoms with Crippen LogP contribution in [0.2, 0.25) is 5.02 Å². The van der Waals surface area contributed by atoms with Crippen LogP contribution in [-0.2, 0) is 4.79 Å². The van der Waals surface area contributed by atoms with Gasteiger partial charge in [-0.2, -0.15) is 0 Å². The Morgan fingerprint density at radius 2 is 1.48 bits per heavy atom. The number of ketones is 1. The normalized spacial score (nSPS) is 11.0. The number of carbonyl (C=O) groups is 3. The molecule has 0 radical (unpaired) electrons. The summed E-state index contributed by atoms with van der Waals surface area (Å²) in [5.74, 6) is -1.03. The van der Waals surface area contributed by atoms with Gasteiger partial charge < -0.3 is 10.6 Å². The van der Waals surface area contributed by atoms with Gasteiger partial charge in [-0.15, -0.1) is 11.8 Å². The van der Waals surface area contributed by atoms with Gasteiger partial charge in [-0.1, -0.05) is 41.9 Å². The van der Waals surface area contributed by atoms with Gasteiger partial charge in [0.2, 0.25) is 0 Å². The van der Waals surface area contributed by atoms with E-state index in [1.807, 2.05) is 0 Å². The number of nitrogens with zero attached hydrogens (tertiary/aromatic N) is 1. The fourth-order valence-electron chi connectivity index (χ4n) is 3.57. The first-order valence-corrected chi connectivity index (χ1v) is 13.3. The maximum atomic E-state index is 13.2. The maximum absolute atomic E-state index is 13.2. The van der Waals surface area contributed by atoms with Gasteiger partial charge in [0.25, 0.3) is 17.5 Å². The highest BCUT2D eigenvalue weighted by Crippen LogP contribution is 2.24. The summed E-state index contributed by atoms with van der Waals surface area (Å²) in [5.41, 5.74) is 1.09. The first kappa shape index (κ1) is 28.3. The Kier molecular flexibility index (Phi) is 9.45. The fraction of sp³-hybridized carbons (Fsp3) is 0.0333. The number of carbonyl (C=O) groups excluding carboxylic acids is 3. The smallest absolute Gasteiger partial charge is 0.276 e. The van der Waals surface area contributed by atoms with Crippen molar-refractivity contribution in [2.45, 2.75) is 4.90 Å². The number of para-hydroxylation sites is 1. The number of hydrogen-bond donors (Lipinski definition) is 2. The van der Waals surface area contributed by atoms with Crippen LogP contribution in [-0.4, -0.2) is 28.3 Å². The van der Waals surface area contributed by atoms with Crippen LogP contribution in [0.1, 0.15) is 26.3 Å². The lowest BCUT2D eigenvalue weighted by Gasteiger charge is -2.12. The number of nitrogens with one attached hydrogen (secondary N) is 2. The van der Waals surface area contributed by atoms with Gasteiger partial charge in [0.1, 0.15) is 5.70 Å². The molecule has 0 spiro atoms. The third-order valence-electron chi connectivity index (χ3n) is 5.61. The Balaban J connectivity index is 1.49. The molecule has 0 aliphatic rings. The number of thioether (sulfide) groups is 1. The number of amides is 2. The minimum Gasteiger partial charge on any atom is -0.321 e. The molecule has 2 amide bonds. The van der Waals surface area contributed by atoms with Crippen molar-refractivity contribution in [1.29, 1.82) is 0 Å². The predicted octanol–water partition coefficient (Wildman–Crippen LogP) is 6.63. The molecule has 4 rings (SSSR count). The van der Waals surface area contributed by atoms with E-state index in [2.05, 4.69) is 10.6 Å². The lowest BCUT2D eigenvalue weighted by atomic mass is 10.1. The van der Waals surface area contributed by atoms with Crippen molar-refractivity contribution < 1.29 is 19.3 Å². The van der Waals surface area contributed by atoms with E-state index in [1.165, 1.54) is 36.0 Å². The Bertz CT molecular complexity index is 1570. The highest BCUT2D eigenvalue weighted by Gasteiger charge is 2.18. The van der Waals surface area contributed by atoms with Crippen molar-refractivity contribution in [1.82, 2.24) is 5.32 Å². The molecule has 2 N–H and O–H groups in total. The molecule has 200 valence electrons. The lowest BCUT2D eigenvalue weighted by molar-refractivity contribution is -0.385. The molecule has 0 unspecified atom stereocenters. The number of halogens is 1. The number of hydrogen-bond acceptors (Lipinski definition) is 6. The van der Waals surface area contributed by atoms with E-state index < -0.39 is 16.7 Å². The number of nitro benzene ring substituents is 1. The van der Waals surface area contributed by atoms with Gasteiger partial charge in [-0.25, -0.2) is 0 Å². The van der Waals surface area contributed by atoms with E-state index >= 15 is 0 Å². The SMILES string of the molecule is O=C(Nc1ccc(SCC(=O)c2ccc(Cl)cc2)cc1)/C(=C/c1ccccc1[N+](=O)[O-])NC(=O)c1ccccc1. The summed E-state index contributed by atoms with van der Waals surface area (Å²) in [6, 6.07) is 27.7. The number of Topliss-reactive ketones (excluding diaryl/α,β-unsaturated/α-hetero) is 1. The summed E-state index contributed by atoms with van der Waals surface area (Å²) in [5, 5.41) is 17.3. The molecule has 10 heteroatoms. The predicted molar refractivity (Wildman–Crippen MR) is 157 cm³/mol. The van der Waals surface area contributed by atoms with Gasteiger partial charge in [0.05, 0.1) is 16.2 Å². The molecule has 0 bridgehead atoms. The zero-order valence-electron chi connectivity index (χ0n) is 20.9. The van der Waals surface area contributed by atoms with Gasteiger partial charge in [0, 0.05) is 32.8 Å². The maximum Gasteiger partial charge on any atom is 0.276 e. The zero-order valence-corrected chi connectivity index (χ0v) is 22.4. The third-order valence-corrected chi connectivity index (χ3v) is 6.87. The first-order chi connectivity index (χ1) is 19.3. The van der Waals surface area contributed by atoms with E-state index in [9.17, 15) is 24.5 Å². The highest BCUT2D eigenvalue weighted by atomic mass is 35.5. The molecule has 0 fully saturated rings. The van der Waals surface area contributed by atoms with E-state index in [0.717, 1.165) is 4.90 Å². The molecule has 0 aliphatic heterocycles. The molecular formula is C30H22ClN3O5S. The standard InChI is InChI=1S/C30H22ClN3O5S/c31-23-12-10-20(11-13-23)28(35)19-40-25-16-14-24(15-17-25)32-30(37)26(33-29(36)21-6-2-1-3-7-21)18-22-8-4-5-9-27(22)34(38)39/h1-18H,19H2,(H,32,37)(H,33,36)/b26-18-. The highest BCUT2D eigenvalue weighted by molar-refractivity contribution is 8.00. The van der Waals surface area contributed by atoms with Gasteiger partial charge >= 0.3 is 0 Å². The average Bonchev–Trinajstić information content (AvgIpc) is 2.97. The largest absolute Gasteiger partial charge is 0.321 e. The summed E-state index contributed by atoms with van der Waals surface area (Å²) < 4.78 is 0. The zero-order chi connectivity index (χ0) is 28.5. The number of benzene rings is 4. The second-order valence-corrected chi connectivity index (χ2v) is 9.88. The molecule has 0 heterocycles. The van der Waals surface area contributed by atoms with Crippen molar-refractivity contribution in [3.05, 3.63) is 141 Å². The van der Waals surface area contributed by atoms with Gasteiger partial charge in [0.15, 0.2) is 5.78 Å². The Morgan fingerprint density at radius 1 is 0.825 bits per heavy atom. The van der Waals surface area contributed by atoms with Crippen LogP contribution in [0.5, 0.6) is 0 Å². The van der Waals surface area contributed by atoms with Crippen molar-refractivity contribution in [2.75, 3.05) is 11.1 Å². The van der Waals surface area contributed by atoms with E-state index in [-0.39, 0.29) is 28.5 Å². The monoisotopic (exact) mass is 571 g/mol. The Morgan fingerprint density at radius 3 is 2.15 bits per heavy atom. The molecule has 40 heavy (non-hydrogen) atoms. The van der Waals surface area contributed by atoms with E-state index in [0.29, 0.717) is 21.8 Å². The topological polar surface area (TPSA) is 118 Å². The van der Waals surface area contributed by atoms with Crippen LogP contribution in [0.25, 0.3) is 6.08 Å². The van der Waals surface area contributed by atoms with Crippen molar-refractivity contribution >= 4 is 58.4 Å². The lowest BCUT2D eigenvalue weighted by Crippen LogP contribution is -2.30. The van der Waals surface area contributed by atoms with Crippen LogP contribution in [0.15, 0.2) is 114 Å². The van der Waals surface area contributed by atoms with Crippen LogP contribution in [0.4, 0.5) is 11.4 Å². The molecule has 0 saturated heterocycles. The van der Waals surface area contributed by atoms with Crippen LogP contribution >= 0.6 is 23.4 Å². The van der Waals surface area contributed by atoms with Gasteiger partial charge in [-0.05, 0) is 72.8 Å². The van der Waals surface area contributed by atoms with E-state index in [1.54, 1.807) is 84.9 Å². The second-order valence-electron chi connectivity index (χ2n) is 8.39. The van der Waals surface area contributed by atoms with Crippen LogP contribution in [0, 0.1) is 10.1 Å².